The Morgan fingerprint density at radius 3 is 3.22 bits per heavy atom. The summed E-state index contributed by atoms with van der Waals surface area (Å²) in [7, 11) is 0. The molecule has 4 nitrogen and oxygen atoms in total. The van der Waals surface area contributed by atoms with Crippen LogP contribution in [0.2, 0.25) is 0 Å². The molecule has 1 fully saturated rings. The lowest BCUT2D eigenvalue weighted by Crippen LogP contribution is -2.21. The van der Waals surface area contributed by atoms with Gasteiger partial charge >= 0.3 is 0 Å². The Labute approximate surface area is 112 Å². The third-order valence-corrected chi connectivity index (χ3v) is 4.16. The van der Waals surface area contributed by atoms with E-state index in [1.807, 2.05) is 18.5 Å². The van der Waals surface area contributed by atoms with Gasteiger partial charge in [-0.2, -0.15) is 0 Å². The van der Waals surface area contributed by atoms with Crippen LogP contribution in [-0.2, 0) is 6.54 Å². The monoisotopic (exact) mass is 262 g/mol. The second-order valence-electron chi connectivity index (χ2n) is 4.98. The van der Waals surface area contributed by atoms with E-state index in [-0.39, 0.29) is 0 Å². The first-order chi connectivity index (χ1) is 8.78. The van der Waals surface area contributed by atoms with E-state index >= 15 is 0 Å². The Morgan fingerprint density at radius 1 is 1.56 bits per heavy atom. The van der Waals surface area contributed by atoms with E-state index in [0.717, 1.165) is 23.4 Å². The maximum Gasteiger partial charge on any atom is 0.178 e. The fourth-order valence-electron chi connectivity index (χ4n) is 2.80. The highest BCUT2D eigenvalue weighted by molar-refractivity contribution is 7.71. The third kappa shape index (κ3) is 2.08. The first kappa shape index (κ1) is 11.9. The fraction of sp³-hybridized carbons (Fsp3) is 0.538. The zero-order chi connectivity index (χ0) is 12.5. The van der Waals surface area contributed by atoms with Gasteiger partial charge in [0.25, 0.3) is 0 Å². The van der Waals surface area contributed by atoms with Gasteiger partial charge in [-0.05, 0) is 43.7 Å². The highest BCUT2D eigenvalue weighted by Crippen LogP contribution is 2.21. The molecule has 0 aromatic carbocycles. The van der Waals surface area contributed by atoms with E-state index in [1.165, 1.54) is 25.0 Å². The molecule has 2 aromatic heterocycles. The summed E-state index contributed by atoms with van der Waals surface area (Å²) in [4.78, 5) is 9.86. The number of fused-ring (bicyclic) bond motifs is 1. The Bertz CT molecular complexity index is 600. The maximum absolute atomic E-state index is 5.41. The van der Waals surface area contributed by atoms with E-state index in [9.17, 15) is 0 Å². The summed E-state index contributed by atoms with van der Waals surface area (Å²) in [6.07, 6.45) is 4.94. The van der Waals surface area contributed by atoms with Crippen molar-refractivity contribution >= 4 is 23.3 Å². The minimum absolute atomic E-state index is 0.712. The first-order valence-corrected chi connectivity index (χ1v) is 6.93. The highest BCUT2D eigenvalue weighted by Gasteiger charge is 2.22. The number of likely N-dealkylation sites (tertiary alicyclic amines) is 1. The topological polar surface area (TPSA) is 36.9 Å². The summed E-state index contributed by atoms with van der Waals surface area (Å²) >= 11 is 5.41. The number of imidazole rings is 1. The van der Waals surface area contributed by atoms with Crippen LogP contribution >= 0.6 is 12.2 Å². The normalized spacial score (nSPS) is 20.8. The molecule has 3 heterocycles. The standard InChI is InChI=1S/C13H18N4S/c1-2-16-6-4-10(8-16)9-17-12-3-5-14-7-11(12)15-13(17)18/h3,5,7,10H,2,4,6,8-9H2,1H3,(H,15,18). The number of hydrogen-bond acceptors (Lipinski definition) is 3. The van der Waals surface area contributed by atoms with Gasteiger partial charge < -0.3 is 14.5 Å². The summed E-state index contributed by atoms with van der Waals surface area (Å²) in [6.45, 7) is 6.80. The summed E-state index contributed by atoms with van der Waals surface area (Å²) in [5.74, 6) is 0.712. The van der Waals surface area contributed by atoms with Gasteiger partial charge in [-0.15, -0.1) is 0 Å². The van der Waals surface area contributed by atoms with E-state index in [1.54, 1.807) is 0 Å². The predicted molar refractivity (Wildman–Crippen MR) is 75.1 cm³/mol. The van der Waals surface area contributed by atoms with Crippen molar-refractivity contribution in [3.05, 3.63) is 23.2 Å². The Kier molecular flexibility index (Phi) is 3.18. The Hall–Kier alpha value is -1.20. The second kappa shape index (κ2) is 4.82. The van der Waals surface area contributed by atoms with Crippen LogP contribution in [0.4, 0.5) is 0 Å². The van der Waals surface area contributed by atoms with E-state index in [0.29, 0.717) is 5.92 Å². The van der Waals surface area contributed by atoms with Crippen LogP contribution in [0.1, 0.15) is 13.3 Å². The lowest BCUT2D eigenvalue weighted by molar-refractivity contribution is 0.333. The average Bonchev–Trinajstić information content (AvgIpc) is 2.96. The molecule has 1 atom stereocenters. The summed E-state index contributed by atoms with van der Waals surface area (Å²) in [5, 5.41) is 0. The molecule has 0 saturated carbocycles. The molecule has 0 amide bonds. The molecule has 1 aliphatic rings. The molecule has 1 saturated heterocycles. The molecule has 3 rings (SSSR count). The minimum atomic E-state index is 0.712. The zero-order valence-electron chi connectivity index (χ0n) is 10.6. The molecule has 96 valence electrons. The number of H-pyrrole nitrogens is 1. The van der Waals surface area contributed by atoms with Crippen molar-refractivity contribution in [3.63, 3.8) is 0 Å². The number of nitrogens with zero attached hydrogens (tertiary/aromatic N) is 3. The smallest absolute Gasteiger partial charge is 0.178 e. The molecule has 1 aliphatic heterocycles. The van der Waals surface area contributed by atoms with Crippen LogP contribution in [0, 0.1) is 10.7 Å². The number of hydrogen-bond donors (Lipinski definition) is 1. The second-order valence-corrected chi connectivity index (χ2v) is 5.37. The van der Waals surface area contributed by atoms with Crippen molar-refractivity contribution in [2.24, 2.45) is 5.92 Å². The zero-order valence-corrected chi connectivity index (χ0v) is 11.4. The first-order valence-electron chi connectivity index (χ1n) is 6.53. The van der Waals surface area contributed by atoms with Crippen LogP contribution in [0.25, 0.3) is 11.0 Å². The predicted octanol–water partition coefficient (Wildman–Crippen LogP) is 2.44. The largest absolute Gasteiger partial charge is 0.329 e. The summed E-state index contributed by atoms with van der Waals surface area (Å²) < 4.78 is 3.03. The van der Waals surface area contributed by atoms with Crippen LogP contribution in [0.5, 0.6) is 0 Å². The quantitative estimate of drug-likeness (QED) is 0.863. The molecule has 1 N–H and O–H groups in total. The third-order valence-electron chi connectivity index (χ3n) is 3.83. The lowest BCUT2D eigenvalue weighted by atomic mass is 10.1. The maximum atomic E-state index is 5.41. The van der Waals surface area contributed by atoms with E-state index in [2.05, 4.69) is 26.4 Å². The van der Waals surface area contributed by atoms with Gasteiger partial charge in [0.05, 0.1) is 17.2 Å². The van der Waals surface area contributed by atoms with E-state index < -0.39 is 0 Å². The highest BCUT2D eigenvalue weighted by atomic mass is 32.1. The number of rotatable bonds is 3. The molecule has 5 heteroatoms. The van der Waals surface area contributed by atoms with Crippen molar-refractivity contribution in [2.45, 2.75) is 19.9 Å². The molecule has 0 radical (unpaired) electrons. The molecular formula is C13H18N4S. The molecule has 0 spiro atoms. The number of aromatic nitrogens is 3. The van der Waals surface area contributed by atoms with Gasteiger partial charge in [0.2, 0.25) is 0 Å². The van der Waals surface area contributed by atoms with Crippen molar-refractivity contribution in [1.82, 2.24) is 19.4 Å². The van der Waals surface area contributed by atoms with Crippen molar-refractivity contribution in [3.8, 4) is 0 Å². The van der Waals surface area contributed by atoms with Gasteiger partial charge in [0, 0.05) is 19.3 Å². The van der Waals surface area contributed by atoms with Crippen LogP contribution in [0.15, 0.2) is 18.5 Å². The number of pyridine rings is 1. The summed E-state index contributed by atoms with van der Waals surface area (Å²) in [5.41, 5.74) is 2.21. The molecule has 0 aliphatic carbocycles. The van der Waals surface area contributed by atoms with Gasteiger partial charge in [0.1, 0.15) is 0 Å². The SMILES string of the molecule is CCN1CCC(Cn2c(=S)[nH]c3cnccc32)C1. The molecule has 18 heavy (non-hydrogen) atoms. The van der Waals surface area contributed by atoms with Gasteiger partial charge in [0.15, 0.2) is 4.77 Å². The van der Waals surface area contributed by atoms with Gasteiger partial charge in [-0.1, -0.05) is 6.92 Å². The Balaban J connectivity index is 1.87. The van der Waals surface area contributed by atoms with Crippen LogP contribution in [-0.4, -0.2) is 39.1 Å². The minimum Gasteiger partial charge on any atom is -0.329 e. The number of nitrogens with one attached hydrogen (secondary N) is 1. The lowest BCUT2D eigenvalue weighted by Gasteiger charge is -2.14. The fourth-order valence-corrected chi connectivity index (χ4v) is 3.08. The Morgan fingerprint density at radius 2 is 2.44 bits per heavy atom. The van der Waals surface area contributed by atoms with Crippen LogP contribution < -0.4 is 0 Å². The van der Waals surface area contributed by atoms with Gasteiger partial charge in [-0.3, -0.25) is 4.98 Å². The molecule has 2 aromatic rings. The molecular weight excluding hydrogens is 244 g/mol. The van der Waals surface area contributed by atoms with E-state index in [4.69, 9.17) is 12.2 Å². The van der Waals surface area contributed by atoms with Crippen molar-refractivity contribution in [2.75, 3.05) is 19.6 Å². The molecule has 1 unspecified atom stereocenters. The van der Waals surface area contributed by atoms with Crippen molar-refractivity contribution < 1.29 is 0 Å². The molecule has 0 bridgehead atoms. The van der Waals surface area contributed by atoms with Gasteiger partial charge in [-0.25, -0.2) is 0 Å². The summed E-state index contributed by atoms with van der Waals surface area (Å²) in [6, 6.07) is 2.04. The average molecular weight is 262 g/mol. The van der Waals surface area contributed by atoms with Crippen LogP contribution in [0.3, 0.4) is 0 Å². The van der Waals surface area contributed by atoms with Crippen molar-refractivity contribution in [1.29, 1.82) is 0 Å². The number of aromatic amines is 1.